The smallest absolute Gasteiger partial charge is 0.345 e. The molecule has 22 heavy (non-hydrogen) atoms. The molecule has 0 atom stereocenters. The Labute approximate surface area is 133 Å². The number of rotatable bonds is 4. The van der Waals surface area contributed by atoms with Crippen molar-refractivity contribution in [3.8, 4) is 17.4 Å². The molecule has 7 nitrogen and oxygen atoms in total. The lowest BCUT2D eigenvalue weighted by molar-refractivity contribution is -0.255. The van der Waals surface area contributed by atoms with Crippen LogP contribution in [0.25, 0.3) is 5.69 Å². The van der Waals surface area contributed by atoms with Crippen LogP contribution in [0, 0.1) is 0 Å². The van der Waals surface area contributed by atoms with Gasteiger partial charge in [-0.2, -0.15) is 4.68 Å². The van der Waals surface area contributed by atoms with Gasteiger partial charge in [0.1, 0.15) is 5.75 Å². The predicted octanol–water partition coefficient (Wildman–Crippen LogP) is 1.58. The summed E-state index contributed by atoms with van der Waals surface area (Å²) in [6.45, 7) is 0. The van der Waals surface area contributed by atoms with Gasteiger partial charge < -0.3 is 14.6 Å². The summed E-state index contributed by atoms with van der Waals surface area (Å²) >= 11 is 3.34. The molecule has 8 heteroatoms. The van der Waals surface area contributed by atoms with Crippen molar-refractivity contribution in [3.63, 3.8) is 0 Å². The Balaban J connectivity index is 1.88. The second-order valence-corrected chi connectivity index (χ2v) is 5.18. The third kappa shape index (κ3) is 2.96. The highest BCUT2D eigenvalue weighted by atomic mass is 79.9. The molecule has 3 rings (SSSR count). The van der Waals surface area contributed by atoms with Crippen LogP contribution in [0.15, 0.2) is 53.0 Å². The molecule has 110 valence electrons. The van der Waals surface area contributed by atoms with E-state index in [1.54, 1.807) is 24.3 Å². The van der Waals surface area contributed by atoms with Gasteiger partial charge in [0, 0.05) is 4.47 Å². The summed E-state index contributed by atoms with van der Waals surface area (Å²) in [5.41, 5.74) is 0.648. The zero-order chi connectivity index (χ0) is 15.5. The maximum absolute atomic E-state index is 10.7. The van der Waals surface area contributed by atoms with Gasteiger partial charge >= 0.3 is 6.01 Å². The van der Waals surface area contributed by atoms with E-state index in [-0.39, 0.29) is 11.6 Å². The number of nitrogens with zero attached hydrogens (tertiary/aromatic N) is 4. The second-order valence-electron chi connectivity index (χ2n) is 4.26. The highest BCUT2D eigenvalue weighted by molar-refractivity contribution is 9.10. The van der Waals surface area contributed by atoms with Crippen molar-refractivity contribution < 1.29 is 14.6 Å². The standard InChI is InChI=1S/C14H9BrN4O3/c15-10-3-7-12(8-4-10)22-14-16-17-18-19(14)11-5-1-9(2-6-11)13(20)21/h1-8H,(H,20,21)/p-1. The van der Waals surface area contributed by atoms with Crippen molar-refractivity contribution >= 4 is 21.9 Å². The minimum Gasteiger partial charge on any atom is -0.545 e. The molecular formula is C14H8BrN4O3-. The average molecular weight is 360 g/mol. The molecule has 0 bridgehead atoms. The molecule has 0 amide bonds. The first kappa shape index (κ1) is 14.2. The summed E-state index contributed by atoms with van der Waals surface area (Å²) in [6, 6.07) is 13.3. The number of aromatic carboxylic acids is 1. The third-order valence-electron chi connectivity index (χ3n) is 2.81. The van der Waals surface area contributed by atoms with Crippen LogP contribution in [0.5, 0.6) is 11.8 Å². The Bertz CT molecular complexity index is 800. The van der Waals surface area contributed by atoms with Gasteiger partial charge in [0.15, 0.2) is 0 Å². The van der Waals surface area contributed by atoms with Crippen molar-refractivity contribution in [1.29, 1.82) is 0 Å². The van der Waals surface area contributed by atoms with Crippen LogP contribution in [0.1, 0.15) is 10.4 Å². The van der Waals surface area contributed by atoms with Crippen LogP contribution in [0.4, 0.5) is 0 Å². The van der Waals surface area contributed by atoms with E-state index in [2.05, 4.69) is 31.5 Å². The Kier molecular flexibility index (Phi) is 3.84. The minimum atomic E-state index is -1.24. The number of carboxylic acids is 1. The molecule has 0 spiro atoms. The molecule has 0 saturated heterocycles. The average Bonchev–Trinajstić information content (AvgIpc) is 2.98. The van der Waals surface area contributed by atoms with Gasteiger partial charge in [0.05, 0.1) is 11.7 Å². The molecule has 0 aliphatic rings. The van der Waals surface area contributed by atoms with Crippen LogP contribution in [0.3, 0.4) is 0 Å². The van der Waals surface area contributed by atoms with E-state index in [0.29, 0.717) is 11.4 Å². The fourth-order valence-electron chi connectivity index (χ4n) is 1.75. The summed E-state index contributed by atoms with van der Waals surface area (Å²) < 4.78 is 7.90. The van der Waals surface area contributed by atoms with Gasteiger partial charge in [0.2, 0.25) is 0 Å². The minimum absolute atomic E-state index is 0.0761. The van der Waals surface area contributed by atoms with Gasteiger partial charge in [0.25, 0.3) is 0 Å². The first-order chi connectivity index (χ1) is 10.6. The van der Waals surface area contributed by atoms with E-state index in [4.69, 9.17) is 4.74 Å². The number of hydrogen-bond donors (Lipinski definition) is 0. The molecular weight excluding hydrogens is 352 g/mol. The second kappa shape index (κ2) is 5.94. The molecule has 0 aliphatic carbocycles. The Morgan fingerprint density at radius 3 is 2.41 bits per heavy atom. The number of halogens is 1. The summed E-state index contributed by atoms with van der Waals surface area (Å²) in [4.78, 5) is 10.7. The first-order valence-electron chi connectivity index (χ1n) is 6.17. The molecule has 0 radical (unpaired) electrons. The molecule has 1 heterocycles. The predicted molar refractivity (Wildman–Crippen MR) is 77.7 cm³/mol. The van der Waals surface area contributed by atoms with E-state index < -0.39 is 5.97 Å². The Morgan fingerprint density at radius 2 is 1.77 bits per heavy atom. The molecule has 0 unspecified atom stereocenters. The van der Waals surface area contributed by atoms with Gasteiger partial charge in [-0.3, -0.25) is 0 Å². The van der Waals surface area contributed by atoms with Gasteiger partial charge in [-0.15, -0.1) is 0 Å². The maximum Gasteiger partial charge on any atom is 0.345 e. The molecule has 1 aromatic heterocycles. The largest absolute Gasteiger partial charge is 0.545 e. The number of ether oxygens (including phenoxy) is 1. The van der Waals surface area contributed by atoms with Crippen molar-refractivity contribution in [2.75, 3.05) is 0 Å². The van der Waals surface area contributed by atoms with Crippen LogP contribution in [0.2, 0.25) is 0 Å². The van der Waals surface area contributed by atoms with E-state index in [0.717, 1.165) is 4.47 Å². The summed E-state index contributed by atoms with van der Waals surface area (Å²) in [5.74, 6) is -0.666. The molecule has 0 saturated carbocycles. The van der Waals surface area contributed by atoms with E-state index in [1.807, 2.05) is 12.1 Å². The third-order valence-corrected chi connectivity index (χ3v) is 3.34. The number of benzene rings is 2. The summed E-state index contributed by atoms with van der Waals surface area (Å²) in [5, 5.41) is 22.0. The summed E-state index contributed by atoms with van der Waals surface area (Å²) in [6.07, 6.45) is 0. The number of hydrogen-bond acceptors (Lipinski definition) is 6. The quantitative estimate of drug-likeness (QED) is 0.701. The lowest BCUT2D eigenvalue weighted by Gasteiger charge is -2.07. The molecule has 0 N–H and O–H groups in total. The molecule has 0 aliphatic heterocycles. The van der Waals surface area contributed by atoms with E-state index >= 15 is 0 Å². The molecule has 2 aromatic carbocycles. The summed E-state index contributed by atoms with van der Waals surface area (Å²) in [7, 11) is 0. The van der Waals surface area contributed by atoms with Crippen molar-refractivity contribution in [1.82, 2.24) is 20.2 Å². The van der Waals surface area contributed by atoms with E-state index in [1.165, 1.54) is 16.8 Å². The van der Waals surface area contributed by atoms with Crippen molar-refractivity contribution in [3.05, 3.63) is 58.6 Å². The fourth-order valence-corrected chi connectivity index (χ4v) is 2.02. The van der Waals surface area contributed by atoms with Crippen molar-refractivity contribution in [2.24, 2.45) is 0 Å². The van der Waals surface area contributed by atoms with Crippen LogP contribution >= 0.6 is 15.9 Å². The Hall–Kier alpha value is -2.74. The Morgan fingerprint density at radius 1 is 1.09 bits per heavy atom. The van der Waals surface area contributed by atoms with Crippen LogP contribution in [-0.2, 0) is 0 Å². The molecule has 0 fully saturated rings. The highest BCUT2D eigenvalue weighted by Gasteiger charge is 2.10. The number of carbonyl (C=O) groups is 1. The monoisotopic (exact) mass is 359 g/mol. The SMILES string of the molecule is O=C([O-])c1ccc(-n2nnnc2Oc2ccc(Br)cc2)cc1. The zero-order valence-electron chi connectivity index (χ0n) is 11.0. The van der Waals surface area contributed by atoms with E-state index in [9.17, 15) is 9.90 Å². The van der Waals surface area contributed by atoms with Gasteiger partial charge in [-0.05, 0) is 52.4 Å². The fraction of sp³-hybridized carbons (Fsp3) is 0. The number of aromatic nitrogens is 4. The highest BCUT2D eigenvalue weighted by Crippen LogP contribution is 2.23. The maximum atomic E-state index is 10.7. The number of tetrazole rings is 1. The lowest BCUT2D eigenvalue weighted by atomic mass is 10.2. The van der Waals surface area contributed by atoms with Gasteiger partial charge in [-0.25, -0.2) is 0 Å². The topological polar surface area (TPSA) is 93.0 Å². The lowest BCUT2D eigenvalue weighted by Crippen LogP contribution is -2.22. The van der Waals surface area contributed by atoms with Gasteiger partial charge in [-0.1, -0.05) is 33.2 Å². The number of carboxylic acid groups (broad SMARTS) is 1. The van der Waals surface area contributed by atoms with Crippen LogP contribution in [-0.4, -0.2) is 26.2 Å². The van der Waals surface area contributed by atoms with Crippen LogP contribution < -0.4 is 9.84 Å². The first-order valence-corrected chi connectivity index (χ1v) is 6.96. The number of carbonyl (C=O) groups excluding carboxylic acids is 1. The molecule has 3 aromatic rings. The van der Waals surface area contributed by atoms with Crippen molar-refractivity contribution in [2.45, 2.75) is 0 Å². The zero-order valence-corrected chi connectivity index (χ0v) is 12.6. The normalized spacial score (nSPS) is 10.4.